The van der Waals surface area contributed by atoms with Crippen molar-refractivity contribution in [2.45, 2.75) is 57.6 Å². The van der Waals surface area contributed by atoms with Crippen LogP contribution >= 0.6 is 11.9 Å². The quantitative estimate of drug-likeness (QED) is 0.615. The molecule has 0 amide bonds. The molecular formula is C20H31N3O4S. The SMILES string of the molecule is CC(C)(C)[C@@]1(C(=O)O)CCCN1CCN1SC(O)N(Cc2ccccc2)C1O. The van der Waals surface area contributed by atoms with Gasteiger partial charge in [-0.25, -0.2) is 9.21 Å². The molecule has 3 N–H and O–H groups in total. The molecule has 2 heterocycles. The summed E-state index contributed by atoms with van der Waals surface area (Å²) in [7, 11) is 0. The highest BCUT2D eigenvalue weighted by Crippen LogP contribution is 2.44. The number of aliphatic hydroxyl groups is 2. The normalized spacial score (nSPS) is 30.2. The second-order valence-corrected chi connectivity index (χ2v) is 9.68. The molecule has 1 aromatic carbocycles. The third kappa shape index (κ3) is 3.94. The standard InChI is InChI=1S/C20H31N3O4S/c1-19(2,3)20(16(24)25)10-7-11-21(20)12-13-23-17(26)22(18(27)28-23)14-15-8-5-4-6-9-15/h4-6,8-9,17-18,26-27H,7,10-14H2,1-3H3,(H,24,25)/t17?,18?,20-/m0/s1. The lowest BCUT2D eigenvalue weighted by Crippen LogP contribution is -2.60. The van der Waals surface area contributed by atoms with Gasteiger partial charge in [-0.05, 0) is 42.3 Å². The van der Waals surface area contributed by atoms with E-state index in [1.807, 2.05) is 56.0 Å². The first-order valence-electron chi connectivity index (χ1n) is 9.74. The van der Waals surface area contributed by atoms with Gasteiger partial charge in [-0.1, -0.05) is 51.1 Å². The zero-order valence-corrected chi connectivity index (χ0v) is 17.6. The number of aliphatic hydroxyl groups excluding tert-OH is 2. The first-order chi connectivity index (χ1) is 13.2. The highest BCUT2D eigenvalue weighted by atomic mass is 32.2. The van der Waals surface area contributed by atoms with E-state index in [0.717, 1.165) is 18.5 Å². The molecule has 2 aliphatic heterocycles. The molecule has 0 aromatic heterocycles. The third-order valence-electron chi connectivity index (χ3n) is 5.97. The van der Waals surface area contributed by atoms with E-state index in [1.54, 1.807) is 9.21 Å². The van der Waals surface area contributed by atoms with E-state index in [9.17, 15) is 20.1 Å². The monoisotopic (exact) mass is 409 g/mol. The Hall–Kier alpha value is -1.16. The Morgan fingerprint density at radius 1 is 1.21 bits per heavy atom. The highest BCUT2D eigenvalue weighted by Gasteiger charge is 2.55. The topological polar surface area (TPSA) is 87.5 Å². The molecule has 0 spiro atoms. The van der Waals surface area contributed by atoms with E-state index in [2.05, 4.69) is 0 Å². The summed E-state index contributed by atoms with van der Waals surface area (Å²) in [6.45, 7) is 8.10. The lowest BCUT2D eigenvalue weighted by Gasteiger charge is -2.45. The predicted octanol–water partition coefficient (Wildman–Crippen LogP) is 1.97. The Bertz CT molecular complexity index is 684. The fraction of sp³-hybridized carbons (Fsp3) is 0.650. The van der Waals surface area contributed by atoms with Gasteiger partial charge in [0.25, 0.3) is 0 Å². The van der Waals surface area contributed by atoms with Crippen LogP contribution in [-0.2, 0) is 11.3 Å². The van der Waals surface area contributed by atoms with E-state index in [4.69, 9.17) is 0 Å². The van der Waals surface area contributed by atoms with Crippen LogP contribution in [0, 0.1) is 5.41 Å². The number of nitrogens with zero attached hydrogens (tertiary/aromatic N) is 3. The zero-order valence-electron chi connectivity index (χ0n) is 16.8. The molecular weight excluding hydrogens is 378 g/mol. The summed E-state index contributed by atoms with van der Waals surface area (Å²) in [4.78, 5) is 15.9. The number of hydrogen-bond donors (Lipinski definition) is 3. The van der Waals surface area contributed by atoms with Crippen LogP contribution in [0.2, 0.25) is 0 Å². The number of likely N-dealkylation sites (tertiary alicyclic amines) is 1. The lowest BCUT2D eigenvalue weighted by atomic mass is 9.71. The molecule has 3 atom stereocenters. The zero-order chi connectivity index (χ0) is 20.5. The van der Waals surface area contributed by atoms with Crippen LogP contribution in [0.15, 0.2) is 30.3 Å². The third-order valence-corrected chi connectivity index (χ3v) is 7.07. The van der Waals surface area contributed by atoms with Gasteiger partial charge in [0, 0.05) is 19.6 Å². The summed E-state index contributed by atoms with van der Waals surface area (Å²) in [6.07, 6.45) is 0.559. The maximum atomic E-state index is 12.2. The van der Waals surface area contributed by atoms with Gasteiger partial charge in [0.2, 0.25) is 0 Å². The molecule has 1 aromatic rings. The fourth-order valence-electron chi connectivity index (χ4n) is 4.45. The number of carboxylic acid groups (broad SMARTS) is 1. The largest absolute Gasteiger partial charge is 0.480 e. The number of carboxylic acids is 1. The lowest BCUT2D eigenvalue weighted by molar-refractivity contribution is -0.158. The molecule has 2 unspecified atom stereocenters. The molecule has 156 valence electrons. The van der Waals surface area contributed by atoms with Gasteiger partial charge in [-0.15, -0.1) is 0 Å². The van der Waals surface area contributed by atoms with Crippen LogP contribution in [0.4, 0.5) is 0 Å². The van der Waals surface area contributed by atoms with Crippen LogP contribution in [0.3, 0.4) is 0 Å². The van der Waals surface area contributed by atoms with E-state index in [0.29, 0.717) is 26.1 Å². The summed E-state index contributed by atoms with van der Waals surface area (Å²) in [5, 5.41) is 31.1. The summed E-state index contributed by atoms with van der Waals surface area (Å²) < 4.78 is 1.74. The van der Waals surface area contributed by atoms with Gasteiger partial charge in [-0.2, -0.15) is 0 Å². The van der Waals surface area contributed by atoms with Gasteiger partial charge in [0.1, 0.15) is 5.54 Å². The Labute approximate surface area is 171 Å². The molecule has 3 rings (SSSR count). The summed E-state index contributed by atoms with van der Waals surface area (Å²) >= 11 is 1.19. The smallest absolute Gasteiger partial charge is 0.324 e. The van der Waals surface area contributed by atoms with Crippen LogP contribution in [0.25, 0.3) is 0 Å². The van der Waals surface area contributed by atoms with Gasteiger partial charge < -0.3 is 15.3 Å². The minimum atomic E-state index is -0.920. The van der Waals surface area contributed by atoms with Crippen molar-refractivity contribution in [3.63, 3.8) is 0 Å². The predicted molar refractivity (Wildman–Crippen MR) is 109 cm³/mol. The summed E-state index contributed by atoms with van der Waals surface area (Å²) in [5.74, 6) is -0.780. The van der Waals surface area contributed by atoms with Gasteiger partial charge >= 0.3 is 5.97 Å². The first kappa shape index (κ1) is 21.5. The maximum absolute atomic E-state index is 12.2. The second kappa shape index (κ2) is 8.30. The van der Waals surface area contributed by atoms with Gasteiger partial charge in [0.15, 0.2) is 11.9 Å². The van der Waals surface area contributed by atoms with Crippen LogP contribution in [0.1, 0.15) is 39.2 Å². The van der Waals surface area contributed by atoms with E-state index in [-0.39, 0.29) is 0 Å². The Morgan fingerprint density at radius 2 is 1.89 bits per heavy atom. The summed E-state index contributed by atoms with van der Waals surface area (Å²) in [5.41, 5.74) is -1.11. The molecule has 0 aliphatic carbocycles. The van der Waals surface area contributed by atoms with Crippen molar-refractivity contribution in [1.29, 1.82) is 0 Å². The first-order valence-corrected chi connectivity index (χ1v) is 10.6. The molecule has 2 saturated heterocycles. The van der Waals surface area contributed by atoms with E-state index < -0.39 is 28.8 Å². The molecule has 0 saturated carbocycles. The van der Waals surface area contributed by atoms with Crippen molar-refractivity contribution in [2.24, 2.45) is 5.41 Å². The second-order valence-electron chi connectivity index (χ2n) is 8.58. The minimum Gasteiger partial charge on any atom is -0.480 e. The van der Waals surface area contributed by atoms with E-state index in [1.165, 1.54) is 11.9 Å². The molecule has 0 radical (unpaired) electrons. The molecule has 2 aliphatic rings. The van der Waals surface area contributed by atoms with Crippen molar-refractivity contribution in [3.05, 3.63) is 35.9 Å². The van der Waals surface area contributed by atoms with Crippen molar-refractivity contribution < 1.29 is 20.1 Å². The van der Waals surface area contributed by atoms with Crippen molar-refractivity contribution >= 4 is 17.9 Å². The Morgan fingerprint density at radius 3 is 2.50 bits per heavy atom. The van der Waals surface area contributed by atoms with Crippen molar-refractivity contribution in [3.8, 4) is 0 Å². The number of rotatable bonds is 6. The average molecular weight is 410 g/mol. The number of benzene rings is 1. The Balaban J connectivity index is 1.65. The van der Waals surface area contributed by atoms with Gasteiger partial charge in [-0.3, -0.25) is 9.69 Å². The average Bonchev–Trinajstić information content (AvgIpc) is 3.18. The van der Waals surface area contributed by atoms with Crippen LogP contribution < -0.4 is 0 Å². The van der Waals surface area contributed by atoms with Crippen LogP contribution in [-0.4, -0.2) is 72.5 Å². The van der Waals surface area contributed by atoms with Crippen molar-refractivity contribution in [1.82, 2.24) is 14.1 Å². The van der Waals surface area contributed by atoms with E-state index >= 15 is 0 Å². The molecule has 8 heteroatoms. The molecule has 7 nitrogen and oxygen atoms in total. The number of aliphatic carboxylic acids is 1. The Kier molecular flexibility index (Phi) is 6.38. The summed E-state index contributed by atoms with van der Waals surface area (Å²) in [6, 6.07) is 9.71. The number of carbonyl (C=O) groups is 1. The highest BCUT2D eigenvalue weighted by molar-refractivity contribution is 7.97. The van der Waals surface area contributed by atoms with Crippen LogP contribution in [0.5, 0.6) is 0 Å². The number of hydrogen-bond acceptors (Lipinski definition) is 7. The van der Waals surface area contributed by atoms with Gasteiger partial charge in [0.05, 0.1) is 0 Å². The molecule has 0 bridgehead atoms. The molecule has 2 fully saturated rings. The van der Waals surface area contributed by atoms with Crippen molar-refractivity contribution in [2.75, 3.05) is 19.6 Å². The minimum absolute atomic E-state index is 0.398. The molecule has 28 heavy (non-hydrogen) atoms. The fourth-order valence-corrected chi connectivity index (χ4v) is 5.41. The maximum Gasteiger partial charge on any atom is 0.324 e.